The van der Waals surface area contributed by atoms with E-state index in [-0.39, 0.29) is 6.61 Å². The zero-order valence-corrected chi connectivity index (χ0v) is 9.84. The number of allylic oxidation sites excluding steroid dienone is 2. The van der Waals surface area contributed by atoms with Gasteiger partial charge in [-0.2, -0.15) is 0 Å². The van der Waals surface area contributed by atoms with Crippen molar-refractivity contribution in [3.8, 4) is 0 Å². The molecule has 0 spiro atoms. The van der Waals surface area contributed by atoms with E-state index >= 15 is 0 Å². The largest absolute Gasteiger partial charge is 0.390 e. The van der Waals surface area contributed by atoms with Gasteiger partial charge in [-0.05, 0) is 36.8 Å². The van der Waals surface area contributed by atoms with Crippen molar-refractivity contribution in [2.24, 2.45) is 0 Å². The Hall–Kier alpha value is -1.54. The predicted molar refractivity (Wildman–Crippen MR) is 69.9 cm³/mol. The molecule has 88 valence electrons. The fourth-order valence-corrected chi connectivity index (χ4v) is 2.76. The highest BCUT2D eigenvalue weighted by molar-refractivity contribution is 5.81. The molecule has 1 aliphatic rings. The zero-order valence-electron chi connectivity index (χ0n) is 9.84. The Morgan fingerprint density at radius 1 is 1.29 bits per heavy atom. The molecule has 2 nitrogen and oxygen atoms in total. The summed E-state index contributed by atoms with van der Waals surface area (Å²) in [6, 6.07) is 10.9. The summed E-state index contributed by atoms with van der Waals surface area (Å²) in [4.78, 5) is 0. The summed E-state index contributed by atoms with van der Waals surface area (Å²) in [7, 11) is 0. The van der Waals surface area contributed by atoms with Crippen LogP contribution in [0.4, 0.5) is 0 Å². The van der Waals surface area contributed by atoms with E-state index in [0.717, 1.165) is 5.69 Å². The number of aromatic nitrogens is 1. The van der Waals surface area contributed by atoms with Crippen LogP contribution in [-0.4, -0.2) is 9.67 Å². The number of benzene rings is 1. The van der Waals surface area contributed by atoms with Gasteiger partial charge < -0.3 is 9.67 Å². The van der Waals surface area contributed by atoms with Crippen molar-refractivity contribution in [2.45, 2.75) is 31.9 Å². The summed E-state index contributed by atoms with van der Waals surface area (Å²) in [6.07, 6.45) is 8.12. The molecule has 0 radical (unpaired) electrons. The molecule has 1 unspecified atom stereocenters. The van der Waals surface area contributed by atoms with E-state index in [0.29, 0.717) is 6.04 Å². The summed E-state index contributed by atoms with van der Waals surface area (Å²) < 4.78 is 2.28. The molecule has 1 aromatic carbocycles. The standard InChI is InChI=1S/C15H17NO/c17-11-14-10-12-6-4-5-9-15(12)16(14)13-7-2-1-3-8-13/h2,4-7,9-10,13,17H,1,3,8,11H2. The second-order valence-corrected chi connectivity index (χ2v) is 4.65. The van der Waals surface area contributed by atoms with E-state index < -0.39 is 0 Å². The second-order valence-electron chi connectivity index (χ2n) is 4.65. The third kappa shape index (κ3) is 1.79. The average Bonchev–Trinajstić information content (AvgIpc) is 2.78. The van der Waals surface area contributed by atoms with Crippen molar-refractivity contribution in [3.63, 3.8) is 0 Å². The monoisotopic (exact) mass is 227 g/mol. The molecule has 0 bridgehead atoms. The maximum Gasteiger partial charge on any atom is 0.0833 e. The summed E-state index contributed by atoms with van der Waals surface area (Å²) in [5.41, 5.74) is 2.25. The molecule has 0 saturated carbocycles. The second kappa shape index (κ2) is 4.38. The molecule has 2 heteroatoms. The summed E-state index contributed by atoms with van der Waals surface area (Å²) >= 11 is 0. The molecule has 17 heavy (non-hydrogen) atoms. The van der Waals surface area contributed by atoms with Gasteiger partial charge in [0.2, 0.25) is 0 Å². The van der Waals surface area contributed by atoms with Gasteiger partial charge in [-0.1, -0.05) is 30.4 Å². The quantitative estimate of drug-likeness (QED) is 0.781. The molecule has 3 rings (SSSR count). The first kappa shape index (κ1) is 10.6. The van der Waals surface area contributed by atoms with Crippen molar-refractivity contribution in [1.82, 2.24) is 4.57 Å². The third-order valence-electron chi connectivity index (χ3n) is 3.55. The molecular weight excluding hydrogens is 210 g/mol. The lowest BCUT2D eigenvalue weighted by atomic mass is 10.0. The summed E-state index contributed by atoms with van der Waals surface area (Å²) in [5, 5.41) is 10.7. The van der Waals surface area contributed by atoms with Gasteiger partial charge in [0, 0.05) is 11.2 Å². The van der Waals surface area contributed by atoms with Gasteiger partial charge in [0.05, 0.1) is 12.6 Å². The van der Waals surface area contributed by atoms with Crippen LogP contribution in [0.5, 0.6) is 0 Å². The first-order valence-electron chi connectivity index (χ1n) is 6.26. The number of rotatable bonds is 2. The van der Waals surface area contributed by atoms with Crippen molar-refractivity contribution < 1.29 is 5.11 Å². The van der Waals surface area contributed by atoms with Gasteiger partial charge in [0.25, 0.3) is 0 Å². The molecule has 1 aromatic heterocycles. The van der Waals surface area contributed by atoms with Crippen molar-refractivity contribution >= 4 is 10.9 Å². The molecule has 0 amide bonds. The van der Waals surface area contributed by atoms with Crippen LogP contribution in [0.25, 0.3) is 10.9 Å². The molecule has 0 saturated heterocycles. The topological polar surface area (TPSA) is 25.2 Å². The van der Waals surface area contributed by atoms with Crippen LogP contribution < -0.4 is 0 Å². The van der Waals surface area contributed by atoms with E-state index in [9.17, 15) is 5.11 Å². The molecule has 1 heterocycles. The zero-order chi connectivity index (χ0) is 11.7. The Balaban J connectivity index is 2.18. The SMILES string of the molecule is OCc1cc2ccccc2n1C1C=CCCC1. The maximum atomic E-state index is 9.51. The van der Waals surface area contributed by atoms with Crippen LogP contribution in [0, 0.1) is 0 Å². The normalized spacial score (nSPS) is 19.9. The fourth-order valence-electron chi connectivity index (χ4n) is 2.76. The van der Waals surface area contributed by atoms with Crippen LogP contribution in [-0.2, 0) is 6.61 Å². The summed E-state index contributed by atoms with van der Waals surface area (Å²) in [5.74, 6) is 0. The van der Waals surface area contributed by atoms with E-state index in [1.807, 2.05) is 6.07 Å². The van der Waals surface area contributed by atoms with Gasteiger partial charge in [0.15, 0.2) is 0 Å². The Bertz CT molecular complexity index is 553. The maximum absolute atomic E-state index is 9.51. The van der Waals surface area contributed by atoms with Crippen molar-refractivity contribution in [2.75, 3.05) is 0 Å². The van der Waals surface area contributed by atoms with Gasteiger partial charge in [-0.15, -0.1) is 0 Å². The first-order chi connectivity index (χ1) is 8.40. The Morgan fingerprint density at radius 2 is 2.18 bits per heavy atom. The minimum absolute atomic E-state index is 0.110. The smallest absolute Gasteiger partial charge is 0.0833 e. The third-order valence-corrected chi connectivity index (χ3v) is 3.55. The van der Waals surface area contributed by atoms with Crippen LogP contribution >= 0.6 is 0 Å². The van der Waals surface area contributed by atoms with Gasteiger partial charge in [-0.3, -0.25) is 0 Å². The van der Waals surface area contributed by atoms with E-state index in [2.05, 4.69) is 41.0 Å². The number of para-hydroxylation sites is 1. The predicted octanol–water partition coefficient (Wildman–Crippen LogP) is 3.41. The lowest BCUT2D eigenvalue weighted by molar-refractivity contribution is 0.268. The van der Waals surface area contributed by atoms with E-state index in [1.165, 1.54) is 30.2 Å². The molecule has 0 aliphatic heterocycles. The molecule has 2 aromatic rings. The van der Waals surface area contributed by atoms with Crippen molar-refractivity contribution in [1.29, 1.82) is 0 Å². The number of hydrogen-bond donors (Lipinski definition) is 1. The molecular formula is C15H17NO. The van der Waals surface area contributed by atoms with E-state index in [4.69, 9.17) is 0 Å². The highest BCUT2D eigenvalue weighted by atomic mass is 16.3. The van der Waals surface area contributed by atoms with Gasteiger partial charge >= 0.3 is 0 Å². The van der Waals surface area contributed by atoms with Crippen LogP contribution in [0.2, 0.25) is 0 Å². The number of aliphatic hydroxyl groups excluding tert-OH is 1. The number of hydrogen-bond acceptors (Lipinski definition) is 1. The molecule has 1 aliphatic carbocycles. The minimum atomic E-state index is 0.110. The average molecular weight is 227 g/mol. The highest BCUT2D eigenvalue weighted by Gasteiger charge is 2.16. The molecule has 1 atom stereocenters. The van der Waals surface area contributed by atoms with Crippen LogP contribution in [0.1, 0.15) is 31.0 Å². The van der Waals surface area contributed by atoms with E-state index in [1.54, 1.807) is 0 Å². The molecule has 0 fully saturated rings. The lowest BCUT2D eigenvalue weighted by Crippen LogP contribution is -2.11. The number of nitrogens with zero attached hydrogens (tertiary/aromatic N) is 1. The number of aliphatic hydroxyl groups is 1. The first-order valence-corrected chi connectivity index (χ1v) is 6.26. The Morgan fingerprint density at radius 3 is 2.94 bits per heavy atom. The molecule has 1 N–H and O–H groups in total. The van der Waals surface area contributed by atoms with Gasteiger partial charge in [0.1, 0.15) is 0 Å². The van der Waals surface area contributed by atoms with Crippen molar-refractivity contribution in [3.05, 3.63) is 48.2 Å². The fraction of sp³-hybridized carbons (Fsp3) is 0.333. The van der Waals surface area contributed by atoms with Crippen LogP contribution in [0.3, 0.4) is 0 Å². The Kier molecular flexibility index (Phi) is 2.73. The van der Waals surface area contributed by atoms with Gasteiger partial charge in [-0.25, -0.2) is 0 Å². The van der Waals surface area contributed by atoms with Crippen LogP contribution in [0.15, 0.2) is 42.5 Å². The minimum Gasteiger partial charge on any atom is -0.390 e. The lowest BCUT2D eigenvalue weighted by Gasteiger charge is -2.21. The number of fused-ring (bicyclic) bond motifs is 1. The highest BCUT2D eigenvalue weighted by Crippen LogP contribution is 2.30. The Labute approximate surface area is 101 Å². The summed E-state index contributed by atoms with van der Waals surface area (Å²) in [6.45, 7) is 0.110.